The Hall–Kier alpha value is -1.60. The van der Waals surface area contributed by atoms with Gasteiger partial charge in [0.1, 0.15) is 5.82 Å². The van der Waals surface area contributed by atoms with Gasteiger partial charge < -0.3 is 5.73 Å². The predicted octanol–water partition coefficient (Wildman–Crippen LogP) is 2.97. The molecule has 7 heteroatoms. The summed E-state index contributed by atoms with van der Waals surface area (Å²) < 4.78 is 40.0. The molecule has 0 saturated heterocycles. The fourth-order valence-electron chi connectivity index (χ4n) is 1.43. The Labute approximate surface area is 118 Å². The van der Waals surface area contributed by atoms with Crippen molar-refractivity contribution >= 4 is 37.3 Å². The van der Waals surface area contributed by atoms with Gasteiger partial charge in [0.25, 0.3) is 10.0 Å². The standard InChI is InChI=1S/C12H10BrFN2O2S/c13-11-6-1-8(14)7-12(11)16-19(17,18)10-4-2-9(15)3-5-10/h1-7,16H,15H2. The molecule has 0 aliphatic heterocycles. The molecule has 0 atom stereocenters. The molecule has 0 fully saturated rings. The lowest BCUT2D eigenvalue weighted by Gasteiger charge is -2.10. The number of hydrogen-bond donors (Lipinski definition) is 2. The third-order valence-corrected chi connectivity index (χ3v) is 4.44. The molecule has 0 saturated carbocycles. The minimum Gasteiger partial charge on any atom is -0.399 e. The average molecular weight is 345 g/mol. The molecule has 0 spiro atoms. The van der Waals surface area contributed by atoms with Gasteiger partial charge in [0.05, 0.1) is 10.6 Å². The van der Waals surface area contributed by atoms with Gasteiger partial charge in [-0.2, -0.15) is 0 Å². The van der Waals surface area contributed by atoms with Crippen molar-refractivity contribution < 1.29 is 12.8 Å². The van der Waals surface area contributed by atoms with Gasteiger partial charge in [-0.05, 0) is 58.4 Å². The predicted molar refractivity (Wildman–Crippen MR) is 75.8 cm³/mol. The highest BCUT2D eigenvalue weighted by Gasteiger charge is 2.15. The number of nitrogens with one attached hydrogen (secondary N) is 1. The van der Waals surface area contributed by atoms with Crippen molar-refractivity contribution in [1.82, 2.24) is 0 Å². The molecule has 0 heterocycles. The summed E-state index contributed by atoms with van der Waals surface area (Å²) in [5.74, 6) is -0.529. The summed E-state index contributed by atoms with van der Waals surface area (Å²) in [5.41, 5.74) is 6.09. The Morgan fingerprint density at radius 1 is 1.11 bits per heavy atom. The minimum absolute atomic E-state index is 0.0536. The van der Waals surface area contributed by atoms with Crippen LogP contribution in [0.2, 0.25) is 0 Å². The average Bonchev–Trinajstić information content (AvgIpc) is 2.34. The number of hydrogen-bond acceptors (Lipinski definition) is 3. The molecule has 3 N–H and O–H groups in total. The van der Waals surface area contributed by atoms with E-state index in [1.807, 2.05) is 0 Å². The summed E-state index contributed by atoms with van der Waals surface area (Å²) in [4.78, 5) is 0.0536. The molecule has 0 amide bonds. The molecule has 0 aliphatic carbocycles. The van der Waals surface area contributed by atoms with E-state index in [1.165, 1.54) is 36.4 Å². The summed E-state index contributed by atoms with van der Waals surface area (Å²) in [5, 5.41) is 0. The molecule has 0 aliphatic rings. The third-order valence-electron chi connectivity index (χ3n) is 2.36. The fraction of sp³-hybridized carbons (Fsp3) is 0. The van der Waals surface area contributed by atoms with Crippen LogP contribution < -0.4 is 10.5 Å². The number of nitrogen functional groups attached to an aromatic ring is 1. The molecule has 0 aromatic heterocycles. The van der Waals surface area contributed by atoms with E-state index in [1.54, 1.807) is 0 Å². The van der Waals surface area contributed by atoms with E-state index in [0.717, 1.165) is 6.07 Å². The molecule has 19 heavy (non-hydrogen) atoms. The second kappa shape index (κ2) is 5.18. The maximum Gasteiger partial charge on any atom is 0.261 e. The summed E-state index contributed by atoms with van der Waals surface area (Å²) in [6, 6.07) is 9.47. The van der Waals surface area contributed by atoms with Crippen molar-refractivity contribution in [2.24, 2.45) is 0 Å². The first kappa shape index (κ1) is 13.8. The fourth-order valence-corrected chi connectivity index (χ4v) is 2.97. The quantitative estimate of drug-likeness (QED) is 0.840. The highest BCUT2D eigenvalue weighted by atomic mass is 79.9. The van der Waals surface area contributed by atoms with Crippen LogP contribution in [0.25, 0.3) is 0 Å². The van der Waals surface area contributed by atoms with Crippen LogP contribution in [-0.4, -0.2) is 8.42 Å². The van der Waals surface area contributed by atoms with Crippen LogP contribution in [-0.2, 0) is 10.0 Å². The second-order valence-corrected chi connectivity index (χ2v) is 6.34. The van der Waals surface area contributed by atoms with Crippen LogP contribution in [0.4, 0.5) is 15.8 Å². The third kappa shape index (κ3) is 3.24. The smallest absolute Gasteiger partial charge is 0.261 e. The molecule has 4 nitrogen and oxygen atoms in total. The highest BCUT2D eigenvalue weighted by Crippen LogP contribution is 2.26. The molecule has 2 aromatic rings. The number of rotatable bonds is 3. The van der Waals surface area contributed by atoms with Crippen LogP contribution in [0.3, 0.4) is 0 Å². The molecule has 2 rings (SSSR count). The summed E-state index contributed by atoms with van der Waals surface area (Å²) in [6.45, 7) is 0. The van der Waals surface area contributed by atoms with Gasteiger partial charge >= 0.3 is 0 Å². The minimum atomic E-state index is -3.77. The van der Waals surface area contributed by atoms with Crippen LogP contribution in [0, 0.1) is 5.82 Å². The lowest BCUT2D eigenvalue weighted by atomic mass is 10.3. The number of halogens is 2. The number of sulfonamides is 1. The molecule has 0 bridgehead atoms. The van der Waals surface area contributed by atoms with Crippen molar-refractivity contribution in [3.63, 3.8) is 0 Å². The second-order valence-electron chi connectivity index (χ2n) is 3.80. The zero-order chi connectivity index (χ0) is 14.0. The van der Waals surface area contributed by atoms with Crippen molar-refractivity contribution in [1.29, 1.82) is 0 Å². The number of benzene rings is 2. The first-order valence-corrected chi connectivity index (χ1v) is 7.49. The van der Waals surface area contributed by atoms with Gasteiger partial charge in [-0.1, -0.05) is 0 Å². The Balaban J connectivity index is 2.36. The van der Waals surface area contributed by atoms with Gasteiger partial charge in [0.15, 0.2) is 0 Å². The summed E-state index contributed by atoms with van der Waals surface area (Å²) in [7, 11) is -3.77. The highest BCUT2D eigenvalue weighted by molar-refractivity contribution is 9.10. The zero-order valence-corrected chi connectivity index (χ0v) is 12.0. The van der Waals surface area contributed by atoms with Gasteiger partial charge in [0, 0.05) is 10.2 Å². The van der Waals surface area contributed by atoms with E-state index in [4.69, 9.17) is 5.73 Å². The lowest BCUT2D eigenvalue weighted by molar-refractivity contribution is 0.601. The molecule has 0 unspecified atom stereocenters. The maximum absolute atomic E-state index is 13.1. The van der Waals surface area contributed by atoms with Crippen LogP contribution >= 0.6 is 15.9 Å². The Morgan fingerprint density at radius 2 is 1.74 bits per heavy atom. The lowest BCUT2D eigenvalue weighted by Crippen LogP contribution is -2.13. The Kier molecular flexibility index (Phi) is 3.77. The van der Waals surface area contributed by atoms with Gasteiger partial charge in [0.2, 0.25) is 0 Å². The van der Waals surface area contributed by atoms with Crippen molar-refractivity contribution in [3.8, 4) is 0 Å². The van der Waals surface area contributed by atoms with E-state index in [9.17, 15) is 12.8 Å². The maximum atomic E-state index is 13.1. The zero-order valence-electron chi connectivity index (χ0n) is 9.60. The van der Waals surface area contributed by atoms with E-state index < -0.39 is 15.8 Å². The Bertz CT molecular complexity index is 702. The van der Waals surface area contributed by atoms with Gasteiger partial charge in [-0.25, -0.2) is 12.8 Å². The van der Waals surface area contributed by atoms with Crippen molar-refractivity contribution in [3.05, 3.63) is 52.8 Å². The van der Waals surface area contributed by atoms with Crippen molar-refractivity contribution in [2.75, 3.05) is 10.5 Å². The van der Waals surface area contributed by atoms with Gasteiger partial charge in [-0.15, -0.1) is 0 Å². The van der Waals surface area contributed by atoms with E-state index in [0.29, 0.717) is 10.2 Å². The van der Waals surface area contributed by atoms with E-state index in [-0.39, 0.29) is 10.6 Å². The summed E-state index contributed by atoms with van der Waals surface area (Å²) >= 11 is 3.15. The van der Waals surface area contributed by atoms with Crippen LogP contribution in [0.1, 0.15) is 0 Å². The largest absolute Gasteiger partial charge is 0.399 e. The van der Waals surface area contributed by atoms with Crippen molar-refractivity contribution in [2.45, 2.75) is 4.90 Å². The monoisotopic (exact) mass is 344 g/mol. The first-order valence-electron chi connectivity index (χ1n) is 5.22. The van der Waals surface area contributed by atoms with Gasteiger partial charge in [-0.3, -0.25) is 4.72 Å². The molecular formula is C12H10BrFN2O2S. The molecular weight excluding hydrogens is 335 g/mol. The van der Waals surface area contributed by atoms with Crippen LogP contribution in [0.5, 0.6) is 0 Å². The molecule has 2 aromatic carbocycles. The van der Waals surface area contributed by atoms with E-state index >= 15 is 0 Å². The Morgan fingerprint density at radius 3 is 2.37 bits per heavy atom. The topological polar surface area (TPSA) is 72.2 Å². The summed E-state index contributed by atoms with van der Waals surface area (Å²) in [6.07, 6.45) is 0. The molecule has 0 radical (unpaired) electrons. The number of nitrogens with two attached hydrogens (primary N) is 1. The SMILES string of the molecule is Nc1ccc(S(=O)(=O)Nc2cc(F)ccc2Br)cc1. The molecule has 100 valence electrons. The van der Waals surface area contributed by atoms with Crippen LogP contribution in [0.15, 0.2) is 51.8 Å². The van der Waals surface area contributed by atoms with E-state index in [2.05, 4.69) is 20.7 Å². The normalized spacial score (nSPS) is 11.3. The number of anilines is 2. The first-order chi connectivity index (χ1) is 8.88.